The van der Waals surface area contributed by atoms with Gasteiger partial charge >= 0.3 is 0 Å². The molecule has 1 N–H and O–H groups in total. The molecule has 0 aliphatic carbocycles. The third-order valence-electron chi connectivity index (χ3n) is 3.06. The highest BCUT2D eigenvalue weighted by atomic mass is 16.3. The fourth-order valence-electron chi connectivity index (χ4n) is 2.00. The number of furan rings is 1. The number of amides is 1. The van der Waals surface area contributed by atoms with Gasteiger partial charge in [-0.25, -0.2) is 0 Å². The van der Waals surface area contributed by atoms with Crippen LogP contribution in [0, 0.1) is 18.8 Å². The average molecular weight is 283 g/mol. The number of nitrogens with zero attached hydrogens (tertiary/aromatic N) is 1. The molecule has 0 atom stereocenters. The Kier molecular flexibility index (Phi) is 4.81. The molecule has 108 valence electrons. The van der Waals surface area contributed by atoms with Crippen LogP contribution in [-0.4, -0.2) is 29.6 Å². The minimum Gasteiger partial charge on any atom is -0.459 e. The van der Waals surface area contributed by atoms with Crippen molar-refractivity contribution in [2.24, 2.45) is 0 Å². The van der Waals surface area contributed by atoms with Crippen LogP contribution in [0.3, 0.4) is 0 Å². The van der Waals surface area contributed by atoms with Gasteiger partial charge in [-0.1, -0.05) is 24.0 Å². The van der Waals surface area contributed by atoms with Gasteiger partial charge in [0.1, 0.15) is 6.61 Å². The van der Waals surface area contributed by atoms with E-state index in [1.54, 1.807) is 18.0 Å². The van der Waals surface area contributed by atoms with Crippen molar-refractivity contribution in [1.29, 1.82) is 0 Å². The zero-order chi connectivity index (χ0) is 15.2. The first kappa shape index (κ1) is 14.9. The Morgan fingerprint density at radius 1 is 1.38 bits per heavy atom. The van der Waals surface area contributed by atoms with Crippen LogP contribution in [0.5, 0.6) is 0 Å². The summed E-state index contributed by atoms with van der Waals surface area (Å²) in [5.74, 6) is 5.68. The predicted octanol–water partition coefficient (Wildman–Crippen LogP) is 2.20. The molecule has 0 bridgehead atoms. The molecule has 0 radical (unpaired) electrons. The zero-order valence-electron chi connectivity index (χ0n) is 12.1. The molecule has 0 spiro atoms. The first-order valence-corrected chi connectivity index (χ1v) is 6.60. The molecule has 1 heterocycles. The monoisotopic (exact) mass is 283 g/mol. The highest BCUT2D eigenvalue weighted by Gasteiger charge is 2.17. The number of carbonyl (C=O) groups excluding carboxylic acids is 1. The SMILES string of the molecule is Cc1ccoc1C(=O)N(C)Cc1cccc(C#CCO)c1. The fraction of sp³-hybridized carbons (Fsp3) is 0.235. The number of aliphatic hydroxyl groups is 1. The number of aliphatic hydroxyl groups excluding tert-OH is 1. The van der Waals surface area contributed by atoms with E-state index < -0.39 is 0 Å². The Bertz CT molecular complexity index is 691. The summed E-state index contributed by atoms with van der Waals surface area (Å²) in [4.78, 5) is 13.9. The molecule has 0 fully saturated rings. The Morgan fingerprint density at radius 3 is 2.86 bits per heavy atom. The summed E-state index contributed by atoms with van der Waals surface area (Å²) < 4.78 is 5.22. The molecule has 0 saturated carbocycles. The second-order valence-electron chi connectivity index (χ2n) is 4.75. The van der Waals surface area contributed by atoms with Crippen molar-refractivity contribution in [3.8, 4) is 11.8 Å². The quantitative estimate of drug-likeness (QED) is 0.879. The minimum atomic E-state index is -0.166. The van der Waals surface area contributed by atoms with Gasteiger partial charge < -0.3 is 14.4 Å². The van der Waals surface area contributed by atoms with E-state index in [0.29, 0.717) is 12.3 Å². The van der Waals surface area contributed by atoms with Crippen LogP contribution < -0.4 is 0 Å². The van der Waals surface area contributed by atoms with Gasteiger partial charge in [-0.2, -0.15) is 0 Å². The van der Waals surface area contributed by atoms with E-state index >= 15 is 0 Å². The number of hydrogen-bond donors (Lipinski definition) is 1. The van der Waals surface area contributed by atoms with Gasteiger partial charge in [0.2, 0.25) is 0 Å². The van der Waals surface area contributed by atoms with Crippen molar-refractivity contribution >= 4 is 5.91 Å². The molecule has 1 aromatic heterocycles. The number of aryl methyl sites for hydroxylation is 1. The van der Waals surface area contributed by atoms with Gasteiger partial charge in [-0.3, -0.25) is 4.79 Å². The van der Waals surface area contributed by atoms with Gasteiger partial charge in [0.05, 0.1) is 6.26 Å². The normalized spacial score (nSPS) is 9.86. The average Bonchev–Trinajstić information content (AvgIpc) is 2.90. The van der Waals surface area contributed by atoms with Crippen LogP contribution in [-0.2, 0) is 6.54 Å². The highest BCUT2D eigenvalue weighted by Crippen LogP contribution is 2.14. The second kappa shape index (κ2) is 6.78. The lowest BCUT2D eigenvalue weighted by molar-refractivity contribution is 0.0752. The first-order valence-electron chi connectivity index (χ1n) is 6.60. The van der Waals surface area contributed by atoms with Crippen LogP contribution in [0.1, 0.15) is 27.2 Å². The summed E-state index contributed by atoms with van der Waals surface area (Å²) in [6.45, 7) is 2.14. The van der Waals surface area contributed by atoms with Gasteiger partial charge in [0, 0.05) is 24.7 Å². The Morgan fingerprint density at radius 2 is 2.19 bits per heavy atom. The zero-order valence-corrected chi connectivity index (χ0v) is 12.1. The Hall–Kier alpha value is -2.51. The van der Waals surface area contributed by atoms with E-state index in [4.69, 9.17) is 9.52 Å². The maximum Gasteiger partial charge on any atom is 0.289 e. The number of benzene rings is 1. The van der Waals surface area contributed by atoms with Crippen molar-refractivity contribution in [1.82, 2.24) is 4.90 Å². The van der Waals surface area contributed by atoms with Gasteiger partial charge in [0.15, 0.2) is 5.76 Å². The van der Waals surface area contributed by atoms with Crippen molar-refractivity contribution in [3.63, 3.8) is 0 Å². The van der Waals surface area contributed by atoms with Crippen molar-refractivity contribution in [2.75, 3.05) is 13.7 Å². The molecular formula is C17H17NO3. The van der Waals surface area contributed by atoms with Gasteiger partial charge in [0.25, 0.3) is 5.91 Å². The van der Waals surface area contributed by atoms with Crippen molar-refractivity contribution < 1.29 is 14.3 Å². The summed E-state index contributed by atoms with van der Waals surface area (Å²) in [5, 5.41) is 8.71. The number of rotatable bonds is 3. The first-order chi connectivity index (χ1) is 10.1. The maximum atomic E-state index is 12.3. The lowest BCUT2D eigenvalue weighted by Crippen LogP contribution is -2.26. The van der Waals surface area contributed by atoms with E-state index in [1.807, 2.05) is 31.2 Å². The lowest BCUT2D eigenvalue weighted by Gasteiger charge is -2.16. The molecule has 0 unspecified atom stereocenters. The molecule has 1 amide bonds. The molecule has 1 aromatic carbocycles. The van der Waals surface area contributed by atoms with Crippen LogP contribution in [0.4, 0.5) is 0 Å². The van der Waals surface area contributed by atoms with E-state index in [9.17, 15) is 4.79 Å². The molecule has 4 nitrogen and oxygen atoms in total. The summed E-state index contributed by atoms with van der Waals surface area (Å²) in [7, 11) is 1.73. The Labute approximate surface area is 124 Å². The smallest absolute Gasteiger partial charge is 0.289 e. The van der Waals surface area contributed by atoms with Gasteiger partial charge in [-0.15, -0.1) is 0 Å². The van der Waals surface area contributed by atoms with Crippen molar-refractivity contribution in [2.45, 2.75) is 13.5 Å². The van der Waals surface area contributed by atoms with Crippen LogP contribution in [0.25, 0.3) is 0 Å². The number of carbonyl (C=O) groups is 1. The second-order valence-corrected chi connectivity index (χ2v) is 4.75. The Balaban J connectivity index is 2.11. The molecule has 0 aliphatic heterocycles. The minimum absolute atomic E-state index is 0.149. The largest absolute Gasteiger partial charge is 0.459 e. The lowest BCUT2D eigenvalue weighted by atomic mass is 10.1. The van der Waals surface area contributed by atoms with Crippen LogP contribution in [0.2, 0.25) is 0 Å². The maximum absolute atomic E-state index is 12.3. The molecule has 21 heavy (non-hydrogen) atoms. The fourth-order valence-corrected chi connectivity index (χ4v) is 2.00. The molecule has 2 rings (SSSR count). The number of hydrogen-bond acceptors (Lipinski definition) is 3. The summed E-state index contributed by atoms with van der Waals surface area (Å²) in [6.07, 6.45) is 1.52. The van der Waals surface area contributed by atoms with Gasteiger partial charge in [-0.05, 0) is 30.7 Å². The summed E-state index contributed by atoms with van der Waals surface area (Å²) in [6, 6.07) is 9.36. The topological polar surface area (TPSA) is 53.7 Å². The summed E-state index contributed by atoms with van der Waals surface area (Å²) in [5.41, 5.74) is 2.62. The van der Waals surface area contributed by atoms with Crippen LogP contribution >= 0.6 is 0 Å². The highest BCUT2D eigenvalue weighted by molar-refractivity contribution is 5.92. The summed E-state index contributed by atoms with van der Waals surface area (Å²) >= 11 is 0. The van der Waals surface area contributed by atoms with E-state index in [0.717, 1.165) is 16.7 Å². The molecule has 4 heteroatoms. The third-order valence-corrected chi connectivity index (χ3v) is 3.06. The molecule has 0 aliphatic rings. The van der Waals surface area contributed by atoms with E-state index in [-0.39, 0.29) is 12.5 Å². The molecular weight excluding hydrogens is 266 g/mol. The molecule has 2 aromatic rings. The van der Waals surface area contributed by atoms with E-state index in [2.05, 4.69) is 11.8 Å². The standard InChI is InChI=1S/C17H17NO3/c1-13-8-10-21-16(13)17(20)18(2)12-15-6-3-5-14(11-15)7-4-9-19/h3,5-6,8,10-11,19H,9,12H2,1-2H3. The molecule has 0 saturated heterocycles. The van der Waals surface area contributed by atoms with Crippen molar-refractivity contribution in [3.05, 3.63) is 59.0 Å². The third kappa shape index (κ3) is 3.74. The van der Waals surface area contributed by atoms with Crippen LogP contribution in [0.15, 0.2) is 41.0 Å². The van der Waals surface area contributed by atoms with E-state index in [1.165, 1.54) is 6.26 Å². The predicted molar refractivity (Wildman–Crippen MR) is 79.6 cm³/mol.